The number of hydrogen-bond donors (Lipinski definition) is 0. The second-order valence-electron chi connectivity index (χ2n) is 6.60. The summed E-state index contributed by atoms with van der Waals surface area (Å²) in [6, 6.07) is 8.65. The fourth-order valence-corrected chi connectivity index (χ4v) is 4.96. The second-order valence-corrected chi connectivity index (χ2v) is 9.45. The van der Waals surface area contributed by atoms with Crippen LogP contribution in [-0.4, -0.2) is 41.0 Å². The zero-order valence-corrected chi connectivity index (χ0v) is 16.3. The molecule has 1 aliphatic heterocycles. The number of pyridine rings is 1. The smallest absolute Gasteiger partial charge is 0.129 e. The summed E-state index contributed by atoms with van der Waals surface area (Å²) in [5.41, 5.74) is 2.47. The lowest BCUT2D eigenvalue weighted by molar-refractivity contribution is 0.140. The fraction of sp³-hybridized carbons (Fsp3) is 0.350. The average molecular weight is 372 g/mol. The summed E-state index contributed by atoms with van der Waals surface area (Å²) in [5, 5.41) is 6.60. The summed E-state index contributed by atoms with van der Waals surface area (Å²) in [5.74, 6) is 0.970. The number of aromatic nitrogens is 1. The summed E-state index contributed by atoms with van der Waals surface area (Å²) < 4.78 is 9.03. The van der Waals surface area contributed by atoms with Crippen molar-refractivity contribution < 1.29 is 4.74 Å². The second kappa shape index (κ2) is 7.36. The highest BCUT2D eigenvalue weighted by molar-refractivity contribution is 7.93. The molecule has 2 aromatic heterocycles. The lowest BCUT2D eigenvalue weighted by atomic mass is 10.0. The lowest BCUT2D eigenvalue weighted by Crippen LogP contribution is -2.40. The van der Waals surface area contributed by atoms with Gasteiger partial charge in [-0.15, -0.1) is 4.31 Å². The molecule has 1 aromatic carbocycles. The maximum Gasteiger partial charge on any atom is 0.129 e. The Labute approximate surface area is 156 Å². The van der Waals surface area contributed by atoms with Crippen molar-refractivity contribution in [3.8, 4) is 16.9 Å². The third-order valence-corrected chi connectivity index (χ3v) is 6.86. The lowest BCUT2D eigenvalue weighted by Gasteiger charge is -2.29. The Bertz CT molecular complexity index is 840. The normalized spacial score (nSPS) is 16.6. The van der Waals surface area contributed by atoms with E-state index in [4.69, 9.17) is 4.74 Å². The zero-order chi connectivity index (χ0) is 17.2. The van der Waals surface area contributed by atoms with Crippen LogP contribution in [0, 0.1) is 0 Å². The number of benzene rings is 1. The highest BCUT2D eigenvalue weighted by atomic mass is 32.2. The van der Waals surface area contributed by atoms with E-state index in [-0.39, 0.29) is 0 Å². The van der Waals surface area contributed by atoms with Crippen LogP contribution in [0.15, 0.2) is 47.4 Å². The van der Waals surface area contributed by atoms with Gasteiger partial charge in [-0.2, -0.15) is 11.3 Å². The van der Waals surface area contributed by atoms with Crippen molar-refractivity contribution in [3.05, 3.63) is 47.4 Å². The number of ether oxygens (including phenoxy) is 1. The molecule has 1 fully saturated rings. The van der Waals surface area contributed by atoms with E-state index in [2.05, 4.69) is 56.8 Å². The third kappa shape index (κ3) is 3.68. The Hall–Kier alpha value is -1.56. The Kier molecular flexibility index (Phi) is 4.97. The van der Waals surface area contributed by atoms with Gasteiger partial charge in [0.15, 0.2) is 0 Å². The van der Waals surface area contributed by atoms with Crippen molar-refractivity contribution >= 4 is 33.2 Å². The number of nitrogens with zero attached hydrogens (tertiary/aromatic N) is 2. The van der Waals surface area contributed by atoms with Crippen LogP contribution in [0.2, 0.25) is 0 Å². The molecule has 0 aliphatic carbocycles. The summed E-state index contributed by atoms with van der Waals surface area (Å²) >= 11 is 2.09. The Morgan fingerprint density at radius 2 is 2.00 bits per heavy atom. The molecule has 0 bridgehead atoms. The van der Waals surface area contributed by atoms with E-state index in [0.29, 0.717) is 17.2 Å². The van der Waals surface area contributed by atoms with Crippen LogP contribution >= 0.6 is 11.3 Å². The predicted octanol–water partition coefficient (Wildman–Crippen LogP) is 4.60. The van der Waals surface area contributed by atoms with Crippen LogP contribution in [0.3, 0.4) is 0 Å². The molecular formula is C20H23N2OS2+. The topological polar surface area (TPSA) is 25.4 Å². The minimum atomic E-state index is 0.293. The zero-order valence-electron chi connectivity index (χ0n) is 14.6. The van der Waals surface area contributed by atoms with Crippen LogP contribution in [0.4, 0.5) is 0 Å². The molecule has 5 heteroatoms. The Morgan fingerprint density at radius 1 is 1.16 bits per heavy atom. The van der Waals surface area contributed by atoms with E-state index < -0.39 is 0 Å². The number of piperidine rings is 1. The SMILES string of the molecule is C[S+](C)N1CCC(Oc2cc(-c3ccsc3)cc3ccncc23)CC1. The molecule has 1 saturated heterocycles. The number of rotatable bonds is 4. The van der Waals surface area contributed by atoms with Crippen LogP contribution < -0.4 is 4.74 Å². The molecule has 0 saturated carbocycles. The number of thiophene rings is 1. The first-order chi connectivity index (χ1) is 12.2. The van der Waals surface area contributed by atoms with Gasteiger partial charge in [0.1, 0.15) is 24.4 Å². The monoisotopic (exact) mass is 371 g/mol. The molecule has 0 unspecified atom stereocenters. The van der Waals surface area contributed by atoms with E-state index in [1.54, 1.807) is 11.3 Å². The highest BCUT2D eigenvalue weighted by Crippen LogP contribution is 2.34. The van der Waals surface area contributed by atoms with E-state index in [1.807, 2.05) is 12.4 Å². The summed E-state index contributed by atoms with van der Waals surface area (Å²) in [7, 11) is 0. The number of fused-ring (bicyclic) bond motifs is 1. The molecule has 0 spiro atoms. The third-order valence-electron chi connectivity index (χ3n) is 4.78. The van der Waals surface area contributed by atoms with E-state index >= 15 is 0 Å². The van der Waals surface area contributed by atoms with Gasteiger partial charge in [0, 0.05) is 43.7 Å². The van der Waals surface area contributed by atoms with Gasteiger partial charge >= 0.3 is 0 Å². The molecule has 0 N–H and O–H groups in total. The van der Waals surface area contributed by atoms with Gasteiger partial charge in [0.05, 0.1) is 11.1 Å². The van der Waals surface area contributed by atoms with Crippen molar-refractivity contribution in [2.24, 2.45) is 0 Å². The van der Waals surface area contributed by atoms with Gasteiger partial charge in [-0.25, -0.2) is 0 Å². The minimum absolute atomic E-state index is 0.293. The van der Waals surface area contributed by atoms with Crippen molar-refractivity contribution in [1.82, 2.24) is 9.29 Å². The van der Waals surface area contributed by atoms with Gasteiger partial charge in [-0.05, 0) is 51.5 Å². The van der Waals surface area contributed by atoms with Crippen LogP contribution in [-0.2, 0) is 11.1 Å². The van der Waals surface area contributed by atoms with Gasteiger partial charge in [-0.3, -0.25) is 4.98 Å². The number of hydrogen-bond acceptors (Lipinski definition) is 4. The van der Waals surface area contributed by atoms with Gasteiger partial charge in [-0.1, -0.05) is 0 Å². The quantitative estimate of drug-likeness (QED) is 0.627. The van der Waals surface area contributed by atoms with Gasteiger partial charge in [0.25, 0.3) is 0 Å². The van der Waals surface area contributed by atoms with E-state index in [9.17, 15) is 0 Å². The first-order valence-corrected chi connectivity index (χ1v) is 11.5. The molecule has 1 aliphatic rings. The molecule has 3 nitrogen and oxygen atoms in total. The van der Waals surface area contributed by atoms with E-state index in [1.165, 1.54) is 16.5 Å². The molecule has 0 amide bonds. The van der Waals surface area contributed by atoms with Crippen molar-refractivity contribution in [2.45, 2.75) is 18.9 Å². The molecule has 25 heavy (non-hydrogen) atoms. The summed E-state index contributed by atoms with van der Waals surface area (Å²) in [6.07, 6.45) is 10.8. The predicted molar refractivity (Wildman–Crippen MR) is 109 cm³/mol. The standard InChI is InChI=1S/C20H23N2OS2/c1-25(2)22-8-4-18(5-9-22)23-20-12-17(16-6-10-24-14-16)11-15-3-7-21-13-19(15)20/h3,6-7,10-14,18H,4-5,8-9H2,1-2H3/q+1. The largest absolute Gasteiger partial charge is 0.490 e. The van der Waals surface area contributed by atoms with Crippen molar-refractivity contribution in [3.63, 3.8) is 0 Å². The van der Waals surface area contributed by atoms with E-state index in [0.717, 1.165) is 37.1 Å². The van der Waals surface area contributed by atoms with Gasteiger partial charge in [0.2, 0.25) is 0 Å². The van der Waals surface area contributed by atoms with Crippen LogP contribution in [0.5, 0.6) is 5.75 Å². The highest BCUT2D eigenvalue weighted by Gasteiger charge is 2.27. The van der Waals surface area contributed by atoms with Gasteiger partial charge < -0.3 is 4.74 Å². The molecule has 0 atom stereocenters. The molecular weight excluding hydrogens is 348 g/mol. The first-order valence-electron chi connectivity index (χ1n) is 8.60. The Morgan fingerprint density at radius 3 is 2.72 bits per heavy atom. The fourth-order valence-electron chi connectivity index (χ4n) is 3.35. The average Bonchev–Trinajstić information content (AvgIpc) is 3.17. The van der Waals surface area contributed by atoms with Crippen molar-refractivity contribution in [1.29, 1.82) is 0 Å². The summed E-state index contributed by atoms with van der Waals surface area (Å²) in [4.78, 5) is 4.31. The van der Waals surface area contributed by atoms with Crippen LogP contribution in [0.25, 0.3) is 21.9 Å². The maximum absolute atomic E-state index is 6.48. The minimum Gasteiger partial charge on any atom is -0.490 e. The Balaban J connectivity index is 1.62. The molecule has 3 heterocycles. The van der Waals surface area contributed by atoms with Crippen LogP contribution in [0.1, 0.15) is 12.8 Å². The maximum atomic E-state index is 6.48. The van der Waals surface area contributed by atoms with Crippen molar-refractivity contribution in [2.75, 3.05) is 25.6 Å². The molecule has 4 rings (SSSR count). The summed E-state index contributed by atoms with van der Waals surface area (Å²) in [6.45, 7) is 2.25. The molecule has 0 radical (unpaired) electrons. The molecule has 130 valence electrons. The first kappa shape index (κ1) is 16.9. The molecule has 3 aromatic rings.